The van der Waals surface area contributed by atoms with Crippen molar-refractivity contribution in [2.24, 2.45) is 0 Å². The topological polar surface area (TPSA) is 42.0 Å². The summed E-state index contributed by atoms with van der Waals surface area (Å²) in [5.41, 5.74) is 0.969. The maximum absolute atomic E-state index is 11.5. The van der Waals surface area contributed by atoms with E-state index in [4.69, 9.17) is 0 Å². The molecule has 0 aliphatic carbocycles. The van der Waals surface area contributed by atoms with Gasteiger partial charge in [-0.1, -0.05) is 43.0 Å². The molecule has 0 saturated heterocycles. The minimum absolute atomic E-state index is 0.0665. The van der Waals surface area contributed by atoms with E-state index < -0.39 is 0 Å². The smallest absolute Gasteiger partial charge is 0.230 e. The molecular formula is C14H16N2OS. The summed E-state index contributed by atoms with van der Waals surface area (Å²) in [5, 5.41) is 4.86. The molecule has 2 aromatic rings. The average molecular weight is 260 g/mol. The molecule has 0 bridgehead atoms. The van der Waals surface area contributed by atoms with Crippen LogP contribution in [0.1, 0.15) is 13.3 Å². The summed E-state index contributed by atoms with van der Waals surface area (Å²) in [6, 6.07) is 12.0. The molecule has 1 amide bonds. The molecule has 0 saturated carbocycles. The Balaban J connectivity index is 1.97. The first-order valence-corrected chi connectivity index (χ1v) is 7.03. The van der Waals surface area contributed by atoms with Gasteiger partial charge in [0.2, 0.25) is 5.91 Å². The molecule has 0 atom stereocenters. The fraction of sp³-hybridized carbons (Fsp3) is 0.286. The van der Waals surface area contributed by atoms with Crippen LogP contribution in [0.5, 0.6) is 0 Å². The first-order chi connectivity index (χ1) is 8.79. The molecule has 1 N–H and O–H groups in total. The number of carbonyl (C=O) groups excluding carboxylic acids is 1. The van der Waals surface area contributed by atoms with Crippen LogP contribution in [-0.4, -0.2) is 23.2 Å². The van der Waals surface area contributed by atoms with Gasteiger partial charge in [0.1, 0.15) is 0 Å². The molecule has 2 rings (SSSR count). The van der Waals surface area contributed by atoms with E-state index in [-0.39, 0.29) is 5.91 Å². The van der Waals surface area contributed by atoms with Gasteiger partial charge in [-0.05, 0) is 18.6 Å². The van der Waals surface area contributed by atoms with Crippen molar-refractivity contribution in [1.82, 2.24) is 10.3 Å². The van der Waals surface area contributed by atoms with Crippen molar-refractivity contribution < 1.29 is 4.79 Å². The van der Waals surface area contributed by atoms with Gasteiger partial charge in [0.05, 0.1) is 16.3 Å². The number of fused-ring (bicyclic) bond motifs is 1. The van der Waals surface area contributed by atoms with Gasteiger partial charge in [0, 0.05) is 11.9 Å². The first kappa shape index (κ1) is 12.9. The van der Waals surface area contributed by atoms with Crippen molar-refractivity contribution in [3.8, 4) is 0 Å². The van der Waals surface area contributed by atoms with E-state index >= 15 is 0 Å². The molecular weight excluding hydrogens is 244 g/mol. The van der Waals surface area contributed by atoms with Crippen LogP contribution in [0.15, 0.2) is 41.4 Å². The van der Waals surface area contributed by atoms with E-state index in [1.807, 2.05) is 43.3 Å². The number of benzene rings is 1. The highest BCUT2D eigenvalue weighted by atomic mass is 32.2. The van der Waals surface area contributed by atoms with Crippen LogP contribution in [0, 0.1) is 0 Å². The lowest BCUT2D eigenvalue weighted by Crippen LogP contribution is -2.25. The zero-order chi connectivity index (χ0) is 12.8. The normalized spacial score (nSPS) is 10.5. The maximum atomic E-state index is 11.5. The highest BCUT2D eigenvalue weighted by molar-refractivity contribution is 7.99. The quantitative estimate of drug-likeness (QED) is 0.841. The molecule has 1 aromatic carbocycles. The molecule has 0 spiro atoms. The van der Waals surface area contributed by atoms with Crippen molar-refractivity contribution in [2.75, 3.05) is 12.3 Å². The van der Waals surface area contributed by atoms with Crippen LogP contribution >= 0.6 is 11.8 Å². The molecule has 18 heavy (non-hydrogen) atoms. The van der Waals surface area contributed by atoms with Crippen LogP contribution < -0.4 is 5.32 Å². The van der Waals surface area contributed by atoms with Gasteiger partial charge in [0.15, 0.2) is 0 Å². The summed E-state index contributed by atoms with van der Waals surface area (Å²) in [5.74, 6) is 0.488. The zero-order valence-electron chi connectivity index (χ0n) is 10.3. The molecule has 0 unspecified atom stereocenters. The molecule has 3 nitrogen and oxygen atoms in total. The molecule has 0 fully saturated rings. The Morgan fingerprint density at radius 3 is 2.94 bits per heavy atom. The monoisotopic (exact) mass is 260 g/mol. The standard InChI is InChI=1S/C14H16N2OS/c1-2-9-15-13(17)10-18-14-8-7-11-5-3-4-6-12(11)16-14/h3-8H,2,9-10H2,1H3,(H,15,17). The fourth-order valence-electron chi connectivity index (χ4n) is 1.58. The number of para-hydroxylation sites is 1. The van der Waals surface area contributed by atoms with Gasteiger partial charge in [0.25, 0.3) is 0 Å². The van der Waals surface area contributed by atoms with Gasteiger partial charge in [-0.3, -0.25) is 4.79 Å². The highest BCUT2D eigenvalue weighted by Crippen LogP contribution is 2.19. The minimum Gasteiger partial charge on any atom is -0.355 e. The lowest BCUT2D eigenvalue weighted by molar-refractivity contribution is -0.118. The lowest BCUT2D eigenvalue weighted by atomic mass is 10.2. The van der Waals surface area contributed by atoms with E-state index in [0.29, 0.717) is 5.75 Å². The Labute approximate surface area is 111 Å². The Kier molecular flexibility index (Phi) is 4.59. The van der Waals surface area contributed by atoms with Gasteiger partial charge in [-0.2, -0.15) is 0 Å². The second-order valence-electron chi connectivity index (χ2n) is 3.98. The van der Waals surface area contributed by atoms with Crippen molar-refractivity contribution >= 4 is 28.6 Å². The SMILES string of the molecule is CCCNC(=O)CSc1ccc2ccccc2n1. The van der Waals surface area contributed by atoms with Crippen LogP contribution in [0.25, 0.3) is 10.9 Å². The van der Waals surface area contributed by atoms with Gasteiger partial charge in [-0.15, -0.1) is 0 Å². The molecule has 94 valence electrons. The van der Waals surface area contributed by atoms with Crippen LogP contribution in [0.4, 0.5) is 0 Å². The number of aromatic nitrogens is 1. The summed E-state index contributed by atoms with van der Waals surface area (Å²) in [7, 11) is 0. The number of nitrogens with one attached hydrogen (secondary N) is 1. The summed E-state index contributed by atoms with van der Waals surface area (Å²) in [4.78, 5) is 16.0. The average Bonchev–Trinajstić information content (AvgIpc) is 2.42. The molecule has 1 heterocycles. The van der Waals surface area contributed by atoms with Crippen LogP contribution in [0.3, 0.4) is 0 Å². The van der Waals surface area contributed by atoms with Crippen molar-refractivity contribution in [3.05, 3.63) is 36.4 Å². The number of carbonyl (C=O) groups is 1. The zero-order valence-corrected chi connectivity index (χ0v) is 11.2. The highest BCUT2D eigenvalue weighted by Gasteiger charge is 2.03. The molecule has 0 aliphatic rings. The second-order valence-corrected chi connectivity index (χ2v) is 4.98. The molecule has 1 aromatic heterocycles. The van der Waals surface area contributed by atoms with Crippen molar-refractivity contribution in [2.45, 2.75) is 18.4 Å². The Morgan fingerprint density at radius 2 is 2.11 bits per heavy atom. The number of hydrogen-bond donors (Lipinski definition) is 1. The summed E-state index contributed by atoms with van der Waals surface area (Å²) >= 11 is 1.47. The van der Waals surface area contributed by atoms with E-state index in [9.17, 15) is 4.79 Å². The lowest BCUT2D eigenvalue weighted by Gasteiger charge is -2.04. The van der Waals surface area contributed by atoms with Gasteiger partial charge in [-0.25, -0.2) is 4.98 Å². The third kappa shape index (κ3) is 3.47. The van der Waals surface area contributed by atoms with E-state index in [2.05, 4.69) is 10.3 Å². The molecule has 0 aliphatic heterocycles. The number of hydrogen-bond acceptors (Lipinski definition) is 3. The Bertz CT molecular complexity index is 542. The Hall–Kier alpha value is -1.55. The van der Waals surface area contributed by atoms with Gasteiger partial charge >= 0.3 is 0 Å². The van der Waals surface area contributed by atoms with Crippen molar-refractivity contribution in [1.29, 1.82) is 0 Å². The minimum atomic E-state index is 0.0665. The predicted molar refractivity (Wildman–Crippen MR) is 75.8 cm³/mol. The summed E-state index contributed by atoms with van der Waals surface area (Å²) in [6.07, 6.45) is 0.963. The van der Waals surface area contributed by atoms with E-state index in [1.54, 1.807) is 0 Å². The van der Waals surface area contributed by atoms with Crippen LogP contribution in [-0.2, 0) is 4.79 Å². The van der Waals surface area contributed by atoms with E-state index in [0.717, 1.165) is 28.9 Å². The number of thioether (sulfide) groups is 1. The number of rotatable bonds is 5. The summed E-state index contributed by atoms with van der Waals surface area (Å²) in [6.45, 7) is 2.78. The number of pyridine rings is 1. The van der Waals surface area contributed by atoms with E-state index in [1.165, 1.54) is 11.8 Å². The fourth-order valence-corrected chi connectivity index (χ4v) is 2.29. The largest absolute Gasteiger partial charge is 0.355 e. The molecule has 4 heteroatoms. The van der Waals surface area contributed by atoms with Gasteiger partial charge < -0.3 is 5.32 Å². The number of amides is 1. The summed E-state index contributed by atoms with van der Waals surface area (Å²) < 4.78 is 0. The number of nitrogens with zero attached hydrogens (tertiary/aromatic N) is 1. The molecule has 0 radical (unpaired) electrons. The third-order valence-corrected chi connectivity index (χ3v) is 3.43. The first-order valence-electron chi connectivity index (χ1n) is 6.05. The second kappa shape index (κ2) is 6.40. The Morgan fingerprint density at radius 1 is 1.28 bits per heavy atom. The van der Waals surface area contributed by atoms with Crippen molar-refractivity contribution in [3.63, 3.8) is 0 Å². The predicted octanol–water partition coefficient (Wildman–Crippen LogP) is 2.85. The maximum Gasteiger partial charge on any atom is 0.230 e. The third-order valence-electron chi connectivity index (χ3n) is 2.50. The van der Waals surface area contributed by atoms with Crippen LogP contribution in [0.2, 0.25) is 0 Å².